The van der Waals surface area contributed by atoms with E-state index in [0.717, 1.165) is 0 Å². The minimum absolute atomic E-state index is 0.0128. The van der Waals surface area contributed by atoms with Crippen molar-refractivity contribution in [1.29, 1.82) is 0 Å². The molecule has 4 atom stereocenters. The SMILES string of the molecule is CC(C)C(C)(C)[Si]O[C@@H]1[C@H]2O[Si](C(C)(C)C)(C(C)(C)C)OC[C@H]2O[C@H]1n1cnc2c(Cl)ncnc21. The van der Waals surface area contributed by atoms with Crippen LogP contribution in [0, 0.1) is 5.92 Å². The number of aromatic nitrogens is 4. The van der Waals surface area contributed by atoms with Crippen LogP contribution in [0.4, 0.5) is 0 Å². The standard InChI is InChI=1S/C24H39ClN4O4Si2/c1-14(2)24(9,10)34-32-18-17-15(11-30-35(33-17,22(3,4)5)23(6,7)8)31-21(18)29-13-28-16-19(25)26-12-27-20(16)29/h12-15,17-18,21H,11H2,1-10H3/t15-,17+,18-,21-/m1/s1. The normalized spacial score (nSPS) is 27.5. The van der Waals surface area contributed by atoms with E-state index >= 15 is 0 Å². The Balaban J connectivity index is 1.75. The van der Waals surface area contributed by atoms with Crippen LogP contribution in [0.15, 0.2) is 12.7 Å². The van der Waals surface area contributed by atoms with E-state index in [9.17, 15) is 0 Å². The highest BCUT2D eigenvalue weighted by molar-refractivity contribution is 6.73. The van der Waals surface area contributed by atoms with Crippen molar-refractivity contribution < 1.29 is 18.0 Å². The lowest BCUT2D eigenvalue weighted by molar-refractivity contribution is -0.0795. The Labute approximate surface area is 217 Å². The lowest BCUT2D eigenvalue weighted by Crippen LogP contribution is -2.65. The molecule has 11 heteroatoms. The van der Waals surface area contributed by atoms with Crippen molar-refractivity contribution in [3.05, 3.63) is 17.8 Å². The molecule has 0 amide bonds. The zero-order valence-corrected chi connectivity index (χ0v) is 25.3. The zero-order valence-electron chi connectivity index (χ0n) is 22.5. The van der Waals surface area contributed by atoms with E-state index in [-0.39, 0.29) is 43.2 Å². The number of halogens is 1. The monoisotopic (exact) mass is 538 g/mol. The van der Waals surface area contributed by atoms with Gasteiger partial charge in [0.15, 0.2) is 17.0 Å². The maximum atomic E-state index is 7.11. The van der Waals surface area contributed by atoms with Crippen LogP contribution in [-0.2, 0) is 18.0 Å². The molecule has 2 radical (unpaired) electrons. The van der Waals surface area contributed by atoms with E-state index in [1.54, 1.807) is 6.33 Å². The zero-order chi connectivity index (χ0) is 26.0. The molecular formula is C24H39ClN4O4Si2. The highest BCUT2D eigenvalue weighted by Gasteiger charge is 2.65. The molecule has 0 saturated carbocycles. The van der Waals surface area contributed by atoms with Gasteiger partial charge in [0.25, 0.3) is 0 Å². The van der Waals surface area contributed by atoms with Gasteiger partial charge < -0.3 is 18.0 Å². The van der Waals surface area contributed by atoms with E-state index in [1.807, 2.05) is 4.57 Å². The Bertz CT molecular complexity index is 1050. The number of fused-ring (bicyclic) bond motifs is 2. The van der Waals surface area contributed by atoms with Gasteiger partial charge in [-0.15, -0.1) is 0 Å². The van der Waals surface area contributed by atoms with E-state index in [2.05, 4.69) is 84.2 Å². The van der Waals surface area contributed by atoms with Gasteiger partial charge in [0.2, 0.25) is 9.76 Å². The van der Waals surface area contributed by atoms with Crippen molar-refractivity contribution in [3.63, 3.8) is 0 Å². The summed E-state index contributed by atoms with van der Waals surface area (Å²) in [6, 6.07) is 0. The molecule has 2 aliphatic heterocycles. The number of rotatable bonds is 5. The molecule has 2 fully saturated rings. The van der Waals surface area contributed by atoms with Crippen LogP contribution >= 0.6 is 11.6 Å². The van der Waals surface area contributed by atoms with Gasteiger partial charge in [-0.1, -0.05) is 80.8 Å². The molecule has 2 aliphatic rings. The second-order valence-electron chi connectivity index (χ2n) is 12.6. The second-order valence-corrected chi connectivity index (χ2v) is 19.5. The maximum absolute atomic E-state index is 7.11. The molecule has 2 aromatic heterocycles. The third kappa shape index (κ3) is 4.64. The quantitative estimate of drug-likeness (QED) is 0.357. The third-order valence-electron chi connectivity index (χ3n) is 7.50. The molecule has 0 unspecified atom stereocenters. The lowest BCUT2D eigenvalue weighted by atomic mass is 9.99. The molecule has 8 nitrogen and oxygen atoms in total. The first kappa shape index (κ1) is 27.2. The Hall–Kier alpha value is -0.886. The van der Waals surface area contributed by atoms with Crippen LogP contribution in [0.25, 0.3) is 11.2 Å². The number of hydrogen-bond acceptors (Lipinski definition) is 7. The fourth-order valence-corrected chi connectivity index (χ4v) is 11.1. The van der Waals surface area contributed by atoms with Crippen LogP contribution in [0.2, 0.25) is 20.3 Å². The van der Waals surface area contributed by atoms with Gasteiger partial charge in [-0.25, -0.2) is 15.0 Å². The first-order valence-corrected chi connectivity index (χ1v) is 15.4. The maximum Gasteiger partial charge on any atom is 0.349 e. The van der Waals surface area contributed by atoms with E-state index < -0.39 is 14.8 Å². The van der Waals surface area contributed by atoms with Gasteiger partial charge in [0, 0.05) is 10.1 Å². The topological polar surface area (TPSA) is 80.5 Å². The molecule has 0 N–H and O–H groups in total. The van der Waals surface area contributed by atoms with E-state index in [0.29, 0.717) is 28.8 Å². The highest BCUT2D eigenvalue weighted by atomic mass is 35.5. The Kier molecular flexibility index (Phi) is 7.09. The van der Waals surface area contributed by atoms with Crippen LogP contribution in [0.3, 0.4) is 0 Å². The summed E-state index contributed by atoms with van der Waals surface area (Å²) >= 11 is 6.29. The van der Waals surface area contributed by atoms with Gasteiger partial charge in [0.1, 0.15) is 30.2 Å². The molecule has 0 spiro atoms. The van der Waals surface area contributed by atoms with Crippen molar-refractivity contribution in [2.45, 2.75) is 109 Å². The summed E-state index contributed by atoms with van der Waals surface area (Å²) in [6.07, 6.45) is 1.83. The van der Waals surface area contributed by atoms with Crippen molar-refractivity contribution in [1.82, 2.24) is 19.5 Å². The van der Waals surface area contributed by atoms with Crippen molar-refractivity contribution in [2.75, 3.05) is 6.61 Å². The number of ether oxygens (including phenoxy) is 1. The van der Waals surface area contributed by atoms with Crippen LogP contribution in [0.1, 0.15) is 75.5 Å². The highest BCUT2D eigenvalue weighted by Crippen LogP contribution is 2.56. The van der Waals surface area contributed by atoms with Crippen molar-refractivity contribution in [3.8, 4) is 0 Å². The summed E-state index contributed by atoms with van der Waals surface area (Å²) in [5.41, 5.74) is 1.16. The molecule has 0 aliphatic carbocycles. The van der Waals surface area contributed by atoms with Gasteiger partial charge in [-0.05, 0) is 11.0 Å². The minimum atomic E-state index is -2.72. The van der Waals surface area contributed by atoms with Crippen LogP contribution in [-0.4, -0.2) is 62.8 Å². The molecule has 4 heterocycles. The fraction of sp³-hybridized carbons (Fsp3) is 0.792. The molecular weight excluding hydrogens is 500 g/mol. The van der Waals surface area contributed by atoms with Crippen LogP contribution in [0.5, 0.6) is 0 Å². The minimum Gasteiger partial charge on any atom is -0.407 e. The molecule has 194 valence electrons. The number of imidazole rings is 1. The van der Waals surface area contributed by atoms with Gasteiger partial charge in [0.05, 0.1) is 12.9 Å². The Morgan fingerprint density at radius 1 is 1.09 bits per heavy atom. The summed E-state index contributed by atoms with van der Waals surface area (Å²) in [4.78, 5) is 13.0. The van der Waals surface area contributed by atoms with E-state index in [1.165, 1.54) is 6.33 Å². The first-order valence-electron chi connectivity index (χ1n) is 12.3. The van der Waals surface area contributed by atoms with E-state index in [4.69, 9.17) is 29.6 Å². The van der Waals surface area contributed by atoms with Crippen molar-refractivity contribution in [2.24, 2.45) is 5.92 Å². The molecule has 0 bridgehead atoms. The summed E-state index contributed by atoms with van der Waals surface area (Å²) in [5, 5.41) is 0.0522. The Morgan fingerprint density at radius 2 is 1.74 bits per heavy atom. The second kappa shape index (κ2) is 9.14. The number of hydrogen-bond donors (Lipinski definition) is 0. The predicted octanol–water partition coefficient (Wildman–Crippen LogP) is 5.69. The average molecular weight is 539 g/mol. The van der Waals surface area contributed by atoms with Gasteiger partial charge in [-0.2, -0.15) is 0 Å². The molecule has 35 heavy (non-hydrogen) atoms. The lowest BCUT2D eigenvalue weighted by Gasteiger charge is -2.53. The molecule has 2 aromatic rings. The Morgan fingerprint density at radius 3 is 2.34 bits per heavy atom. The molecule has 4 rings (SSSR count). The number of nitrogens with zero attached hydrogens (tertiary/aromatic N) is 4. The average Bonchev–Trinajstić information content (AvgIpc) is 3.31. The summed E-state index contributed by atoms with van der Waals surface area (Å²) < 4.78 is 29.0. The summed E-state index contributed by atoms with van der Waals surface area (Å²) in [7, 11) is -2.45. The smallest absolute Gasteiger partial charge is 0.349 e. The van der Waals surface area contributed by atoms with Crippen LogP contribution < -0.4 is 0 Å². The largest absolute Gasteiger partial charge is 0.407 e. The van der Waals surface area contributed by atoms with Gasteiger partial charge >= 0.3 is 8.56 Å². The first-order chi connectivity index (χ1) is 16.1. The summed E-state index contributed by atoms with van der Waals surface area (Å²) in [5.74, 6) is 0.464. The molecule has 2 saturated heterocycles. The third-order valence-corrected chi connectivity index (χ3v) is 14.4. The predicted molar refractivity (Wildman–Crippen MR) is 140 cm³/mol. The van der Waals surface area contributed by atoms with Gasteiger partial charge in [-0.3, -0.25) is 4.57 Å². The van der Waals surface area contributed by atoms with Crippen molar-refractivity contribution >= 4 is 41.1 Å². The fourth-order valence-electron chi connectivity index (χ4n) is 5.02. The molecule has 0 aromatic carbocycles. The summed E-state index contributed by atoms with van der Waals surface area (Å²) in [6.45, 7) is 22.7.